The van der Waals surface area contributed by atoms with Crippen LogP contribution in [-0.4, -0.2) is 54.6 Å². The molecular weight excluding hydrogens is 388 g/mol. The van der Waals surface area contributed by atoms with E-state index in [4.69, 9.17) is 11.6 Å². The van der Waals surface area contributed by atoms with Crippen molar-refractivity contribution < 1.29 is 9.59 Å². The number of amides is 3. The van der Waals surface area contributed by atoms with E-state index in [2.05, 4.69) is 27.2 Å². The summed E-state index contributed by atoms with van der Waals surface area (Å²) in [5, 5.41) is 3.54. The standard InChI is InChI=1S/C22H25ClN4O2/c1-2-22(17-8-10-18(23)11-9-17)20(28)27(21(29)24-22)16-25-12-14-26(15-13-25)19-6-4-3-5-7-19/h3-11H,2,12-16H2,1H3,(H,24,29)/t22-/m0/s1. The molecule has 0 aromatic heterocycles. The lowest BCUT2D eigenvalue weighted by Crippen LogP contribution is -2.51. The second-order valence-corrected chi connectivity index (χ2v) is 7.95. The summed E-state index contributed by atoms with van der Waals surface area (Å²) in [6.07, 6.45) is 0.484. The highest BCUT2D eigenvalue weighted by molar-refractivity contribution is 6.30. The Bertz CT molecular complexity index is 881. The molecule has 1 atom stereocenters. The number of anilines is 1. The zero-order valence-corrected chi connectivity index (χ0v) is 17.2. The molecule has 2 heterocycles. The number of piperazine rings is 1. The third kappa shape index (κ3) is 3.70. The summed E-state index contributed by atoms with van der Waals surface area (Å²) in [7, 11) is 0. The summed E-state index contributed by atoms with van der Waals surface area (Å²) in [6, 6.07) is 17.1. The minimum Gasteiger partial charge on any atom is -0.369 e. The monoisotopic (exact) mass is 412 g/mol. The molecule has 2 aromatic carbocycles. The number of carbonyl (C=O) groups excluding carboxylic acids is 2. The molecule has 0 aliphatic carbocycles. The number of nitrogens with one attached hydrogen (secondary N) is 1. The van der Waals surface area contributed by atoms with Gasteiger partial charge in [-0.2, -0.15) is 0 Å². The number of benzene rings is 2. The van der Waals surface area contributed by atoms with Crippen LogP contribution in [0, 0.1) is 0 Å². The summed E-state index contributed by atoms with van der Waals surface area (Å²) in [5.41, 5.74) is 0.946. The van der Waals surface area contributed by atoms with Crippen molar-refractivity contribution in [1.29, 1.82) is 0 Å². The van der Waals surface area contributed by atoms with E-state index in [9.17, 15) is 9.59 Å². The predicted molar refractivity (Wildman–Crippen MR) is 114 cm³/mol. The number of halogens is 1. The lowest BCUT2D eigenvalue weighted by atomic mass is 9.87. The van der Waals surface area contributed by atoms with E-state index in [1.807, 2.05) is 37.3 Å². The molecule has 29 heavy (non-hydrogen) atoms. The van der Waals surface area contributed by atoms with Gasteiger partial charge in [0.25, 0.3) is 5.91 Å². The minimum absolute atomic E-state index is 0.196. The van der Waals surface area contributed by atoms with Gasteiger partial charge in [-0.1, -0.05) is 48.9 Å². The van der Waals surface area contributed by atoms with Crippen molar-refractivity contribution in [2.75, 3.05) is 37.7 Å². The van der Waals surface area contributed by atoms with Crippen molar-refractivity contribution in [3.8, 4) is 0 Å². The van der Waals surface area contributed by atoms with E-state index in [0.717, 1.165) is 31.7 Å². The van der Waals surface area contributed by atoms with Crippen LogP contribution in [0.1, 0.15) is 18.9 Å². The molecule has 7 heteroatoms. The van der Waals surface area contributed by atoms with E-state index in [1.54, 1.807) is 12.1 Å². The first-order valence-electron chi connectivity index (χ1n) is 9.96. The van der Waals surface area contributed by atoms with Gasteiger partial charge in [0, 0.05) is 36.9 Å². The fraction of sp³-hybridized carbons (Fsp3) is 0.364. The summed E-state index contributed by atoms with van der Waals surface area (Å²) in [4.78, 5) is 31.8. The number of nitrogens with zero attached hydrogens (tertiary/aromatic N) is 3. The van der Waals surface area contributed by atoms with Gasteiger partial charge in [0.2, 0.25) is 0 Å². The van der Waals surface area contributed by atoms with Crippen LogP contribution in [0.5, 0.6) is 0 Å². The second-order valence-electron chi connectivity index (χ2n) is 7.51. The van der Waals surface area contributed by atoms with E-state index >= 15 is 0 Å². The molecule has 2 aromatic rings. The van der Waals surface area contributed by atoms with E-state index in [-0.39, 0.29) is 11.9 Å². The maximum atomic E-state index is 13.3. The molecule has 152 valence electrons. The van der Waals surface area contributed by atoms with Crippen LogP contribution >= 0.6 is 11.6 Å². The van der Waals surface area contributed by atoms with Crippen molar-refractivity contribution in [2.45, 2.75) is 18.9 Å². The summed E-state index contributed by atoms with van der Waals surface area (Å²) >= 11 is 5.99. The van der Waals surface area contributed by atoms with Gasteiger partial charge in [0.05, 0.1) is 6.67 Å². The average molecular weight is 413 g/mol. The van der Waals surface area contributed by atoms with Gasteiger partial charge in [0.1, 0.15) is 5.54 Å². The zero-order chi connectivity index (χ0) is 20.4. The second kappa shape index (κ2) is 8.05. The first kappa shape index (κ1) is 19.7. The van der Waals surface area contributed by atoms with Gasteiger partial charge >= 0.3 is 6.03 Å². The van der Waals surface area contributed by atoms with E-state index in [0.29, 0.717) is 18.1 Å². The molecule has 2 fully saturated rings. The van der Waals surface area contributed by atoms with Crippen LogP contribution in [0.2, 0.25) is 5.02 Å². The molecule has 0 radical (unpaired) electrons. The van der Waals surface area contributed by atoms with Gasteiger partial charge < -0.3 is 10.2 Å². The molecule has 4 rings (SSSR count). The normalized spacial score (nSPS) is 22.8. The smallest absolute Gasteiger partial charge is 0.326 e. The van der Waals surface area contributed by atoms with Crippen molar-refractivity contribution in [3.05, 3.63) is 65.2 Å². The van der Waals surface area contributed by atoms with Crippen LogP contribution in [0.15, 0.2) is 54.6 Å². The van der Waals surface area contributed by atoms with Gasteiger partial charge in [-0.25, -0.2) is 9.69 Å². The maximum absolute atomic E-state index is 13.3. The first-order chi connectivity index (χ1) is 14.0. The Morgan fingerprint density at radius 2 is 1.62 bits per heavy atom. The predicted octanol–water partition coefficient (Wildman–Crippen LogP) is 3.28. The first-order valence-corrected chi connectivity index (χ1v) is 10.3. The topological polar surface area (TPSA) is 55.9 Å². The highest BCUT2D eigenvalue weighted by Gasteiger charge is 2.51. The third-order valence-corrected chi connectivity index (χ3v) is 6.13. The molecule has 6 nitrogen and oxygen atoms in total. The number of urea groups is 1. The number of hydrogen-bond donors (Lipinski definition) is 1. The van der Waals surface area contributed by atoms with Crippen LogP contribution in [0.4, 0.5) is 10.5 Å². The number of rotatable bonds is 5. The maximum Gasteiger partial charge on any atom is 0.326 e. The third-order valence-electron chi connectivity index (χ3n) is 5.88. The van der Waals surface area contributed by atoms with Gasteiger partial charge in [-0.3, -0.25) is 9.69 Å². The summed E-state index contributed by atoms with van der Waals surface area (Å²) in [5.74, 6) is -0.196. The van der Waals surface area contributed by atoms with Gasteiger partial charge in [0.15, 0.2) is 0 Å². The molecule has 0 saturated carbocycles. The van der Waals surface area contributed by atoms with Crippen LogP contribution < -0.4 is 10.2 Å². The van der Waals surface area contributed by atoms with Crippen molar-refractivity contribution in [2.24, 2.45) is 0 Å². The highest BCUT2D eigenvalue weighted by Crippen LogP contribution is 2.33. The molecule has 0 spiro atoms. The fourth-order valence-electron chi connectivity index (χ4n) is 4.11. The molecule has 0 bridgehead atoms. The Hall–Kier alpha value is -2.57. The summed E-state index contributed by atoms with van der Waals surface area (Å²) in [6.45, 7) is 5.54. The minimum atomic E-state index is -1.02. The number of para-hydroxylation sites is 1. The molecule has 2 aliphatic heterocycles. The van der Waals surface area contributed by atoms with Gasteiger partial charge in [-0.15, -0.1) is 0 Å². The number of imide groups is 1. The molecule has 0 unspecified atom stereocenters. The van der Waals surface area contributed by atoms with Crippen molar-refractivity contribution in [3.63, 3.8) is 0 Å². The lowest BCUT2D eigenvalue weighted by Gasteiger charge is -2.37. The Labute approximate surface area is 176 Å². The lowest BCUT2D eigenvalue weighted by molar-refractivity contribution is -0.133. The molecule has 2 aliphatic rings. The molecule has 2 saturated heterocycles. The molecular formula is C22H25ClN4O2. The van der Waals surface area contributed by atoms with E-state index in [1.165, 1.54) is 10.6 Å². The Morgan fingerprint density at radius 1 is 0.966 bits per heavy atom. The Balaban J connectivity index is 1.44. The highest BCUT2D eigenvalue weighted by atomic mass is 35.5. The fourth-order valence-corrected chi connectivity index (χ4v) is 4.24. The van der Waals surface area contributed by atoms with E-state index < -0.39 is 5.54 Å². The molecule has 1 N–H and O–H groups in total. The Morgan fingerprint density at radius 3 is 2.24 bits per heavy atom. The average Bonchev–Trinajstić information content (AvgIpc) is 3.00. The van der Waals surface area contributed by atoms with Crippen LogP contribution in [-0.2, 0) is 10.3 Å². The van der Waals surface area contributed by atoms with Crippen LogP contribution in [0.3, 0.4) is 0 Å². The SMILES string of the molecule is CC[C@@]1(c2ccc(Cl)cc2)NC(=O)N(CN2CCN(c3ccccc3)CC2)C1=O. The zero-order valence-electron chi connectivity index (χ0n) is 16.5. The largest absolute Gasteiger partial charge is 0.369 e. The quantitative estimate of drug-likeness (QED) is 0.766. The molecule has 3 amide bonds. The Kier molecular flexibility index (Phi) is 5.48. The van der Waals surface area contributed by atoms with Crippen molar-refractivity contribution >= 4 is 29.2 Å². The number of hydrogen-bond acceptors (Lipinski definition) is 4. The van der Waals surface area contributed by atoms with Crippen molar-refractivity contribution in [1.82, 2.24) is 15.1 Å². The van der Waals surface area contributed by atoms with Gasteiger partial charge in [-0.05, 0) is 36.2 Å². The summed E-state index contributed by atoms with van der Waals surface area (Å²) < 4.78 is 0. The van der Waals surface area contributed by atoms with Crippen LogP contribution in [0.25, 0.3) is 0 Å². The number of carbonyl (C=O) groups is 2.